The van der Waals surface area contributed by atoms with Crippen molar-refractivity contribution in [3.05, 3.63) is 41.1 Å². The van der Waals surface area contributed by atoms with Crippen LogP contribution >= 0.6 is 0 Å². The summed E-state index contributed by atoms with van der Waals surface area (Å²) in [6.07, 6.45) is 0.866. The zero-order valence-electron chi connectivity index (χ0n) is 11.9. The predicted molar refractivity (Wildman–Crippen MR) is 79.6 cm³/mol. The fraction of sp³-hybridized carbons (Fsp3) is 0.333. The highest BCUT2D eigenvalue weighted by atomic mass is 16.5. The van der Waals surface area contributed by atoms with Gasteiger partial charge in [-0.2, -0.15) is 5.10 Å². The maximum absolute atomic E-state index is 12.2. The minimum absolute atomic E-state index is 0.161. The van der Waals surface area contributed by atoms with Crippen LogP contribution in [0.15, 0.2) is 24.3 Å². The van der Waals surface area contributed by atoms with E-state index in [2.05, 4.69) is 20.8 Å². The van der Waals surface area contributed by atoms with Crippen LogP contribution in [0.2, 0.25) is 0 Å². The molecule has 0 fully saturated rings. The van der Waals surface area contributed by atoms with E-state index in [4.69, 9.17) is 4.74 Å². The molecule has 6 heteroatoms. The number of ether oxygens (including phenoxy) is 1. The molecule has 0 unspecified atom stereocenters. The van der Waals surface area contributed by atoms with E-state index in [1.54, 1.807) is 24.3 Å². The summed E-state index contributed by atoms with van der Waals surface area (Å²) >= 11 is 0. The van der Waals surface area contributed by atoms with Gasteiger partial charge in [-0.25, -0.2) is 0 Å². The lowest BCUT2D eigenvalue weighted by atomic mass is 10.1. The quantitative estimate of drug-likeness (QED) is 0.799. The van der Waals surface area contributed by atoms with Crippen molar-refractivity contribution in [1.29, 1.82) is 0 Å². The first-order valence-electron chi connectivity index (χ1n) is 7.09. The largest absolute Gasteiger partial charge is 0.494 e. The standard InChI is InChI=1S/C15H18N4O2/c1-2-21-11-5-3-10(4-6-11)15(20)17-14-12-7-8-16-9-13(12)18-19-14/h3-6,16H,2,7-9H2,1H3,(H2,17,18,19,20). The molecule has 0 bridgehead atoms. The molecule has 0 spiro atoms. The summed E-state index contributed by atoms with van der Waals surface area (Å²) in [6.45, 7) is 4.20. The molecule has 1 aliphatic heterocycles. The number of amides is 1. The number of carbonyl (C=O) groups excluding carboxylic acids is 1. The molecule has 1 aliphatic rings. The second-order valence-electron chi connectivity index (χ2n) is 4.87. The van der Waals surface area contributed by atoms with Crippen LogP contribution in [0, 0.1) is 0 Å². The van der Waals surface area contributed by atoms with Gasteiger partial charge in [0.25, 0.3) is 5.91 Å². The molecular formula is C15H18N4O2. The molecule has 0 saturated heterocycles. The number of benzene rings is 1. The van der Waals surface area contributed by atoms with Gasteiger partial charge in [-0.15, -0.1) is 0 Å². The van der Waals surface area contributed by atoms with Crippen LogP contribution in [0.1, 0.15) is 28.5 Å². The minimum Gasteiger partial charge on any atom is -0.494 e. The van der Waals surface area contributed by atoms with Crippen molar-refractivity contribution in [1.82, 2.24) is 15.5 Å². The van der Waals surface area contributed by atoms with Crippen LogP contribution in [-0.2, 0) is 13.0 Å². The molecule has 3 N–H and O–H groups in total. The summed E-state index contributed by atoms with van der Waals surface area (Å²) in [4.78, 5) is 12.2. The van der Waals surface area contributed by atoms with Gasteiger partial charge < -0.3 is 15.4 Å². The Labute approximate surface area is 122 Å². The van der Waals surface area contributed by atoms with Crippen LogP contribution in [-0.4, -0.2) is 29.3 Å². The molecule has 1 aromatic heterocycles. The monoisotopic (exact) mass is 286 g/mol. The van der Waals surface area contributed by atoms with Crippen molar-refractivity contribution in [2.75, 3.05) is 18.5 Å². The van der Waals surface area contributed by atoms with Crippen LogP contribution in [0.25, 0.3) is 0 Å². The first-order chi connectivity index (χ1) is 10.3. The van der Waals surface area contributed by atoms with Gasteiger partial charge in [-0.3, -0.25) is 9.89 Å². The van der Waals surface area contributed by atoms with Crippen molar-refractivity contribution >= 4 is 11.7 Å². The van der Waals surface area contributed by atoms with Crippen molar-refractivity contribution < 1.29 is 9.53 Å². The summed E-state index contributed by atoms with van der Waals surface area (Å²) in [7, 11) is 0. The molecule has 2 aromatic rings. The first-order valence-corrected chi connectivity index (χ1v) is 7.09. The third-order valence-corrected chi connectivity index (χ3v) is 3.47. The van der Waals surface area contributed by atoms with E-state index in [1.165, 1.54) is 0 Å². The Kier molecular flexibility index (Phi) is 3.87. The predicted octanol–water partition coefficient (Wildman–Crippen LogP) is 1.71. The van der Waals surface area contributed by atoms with Crippen molar-refractivity contribution in [2.24, 2.45) is 0 Å². The summed E-state index contributed by atoms with van der Waals surface area (Å²) in [5.41, 5.74) is 2.72. The SMILES string of the molecule is CCOc1ccc(C(=O)Nc2n[nH]c3c2CCNC3)cc1. The Hall–Kier alpha value is -2.34. The second-order valence-corrected chi connectivity index (χ2v) is 4.87. The average molecular weight is 286 g/mol. The third kappa shape index (κ3) is 2.90. The highest BCUT2D eigenvalue weighted by Gasteiger charge is 2.18. The molecule has 0 aliphatic carbocycles. The van der Waals surface area contributed by atoms with Gasteiger partial charge in [0.1, 0.15) is 5.75 Å². The van der Waals surface area contributed by atoms with Crippen LogP contribution in [0.5, 0.6) is 5.75 Å². The molecule has 1 amide bonds. The van der Waals surface area contributed by atoms with Gasteiger partial charge in [0.05, 0.1) is 12.3 Å². The number of nitrogens with zero attached hydrogens (tertiary/aromatic N) is 1. The number of fused-ring (bicyclic) bond motifs is 1. The minimum atomic E-state index is -0.161. The Bertz CT molecular complexity index is 634. The zero-order chi connectivity index (χ0) is 14.7. The van der Waals surface area contributed by atoms with E-state index < -0.39 is 0 Å². The number of aromatic nitrogens is 2. The van der Waals surface area contributed by atoms with E-state index in [-0.39, 0.29) is 5.91 Å². The van der Waals surface area contributed by atoms with E-state index in [9.17, 15) is 4.79 Å². The van der Waals surface area contributed by atoms with Gasteiger partial charge in [0.15, 0.2) is 5.82 Å². The lowest BCUT2D eigenvalue weighted by molar-refractivity contribution is 0.102. The number of nitrogens with one attached hydrogen (secondary N) is 3. The topological polar surface area (TPSA) is 79.0 Å². The van der Waals surface area contributed by atoms with Gasteiger partial charge in [-0.05, 0) is 44.2 Å². The normalized spacial score (nSPS) is 13.6. The smallest absolute Gasteiger partial charge is 0.256 e. The number of aromatic amines is 1. The number of rotatable bonds is 4. The highest BCUT2D eigenvalue weighted by Crippen LogP contribution is 2.21. The Morgan fingerprint density at radius 1 is 1.38 bits per heavy atom. The highest BCUT2D eigenvalue weighted by molar-refractivity contribution is 6.04. The van der Waals surface area contributed by atoms with Crippen LogP contribution < -0.4 is 15.4 Å². The summed E-state index contributed by atoms with van der Waals surface area (Å²) in [5, 5.41) is 13.3. The average Bonchev–Trinajstić information content (AvgIpc) is 2.92. The van der Waals surface area contributed by atoms with Gasteiger partial charge in [0.2, 0.25) is 0 Å². The van der Waals surface area contributed by atoms with Gasteiger partial charge in [0, 0.05) is 17.7 Å². The van der Waals surface area contributed by atoms with E-state index in [0.29, 0.717) is 18.0 Å². The number of carbonyl (C=O) groups is 1. The van der Waals surface area contributed by atoms with Crippen LogP contribution in [0.4, 0.5) is 5.82 Å². The Balaban J connectivity index is 1.72. The summed E-state index contributed by atoms with van der Waals surface area (Å²) < 4.78 is 5.36. The second kappa shape index (κ2) is 5.97. The molecule has 1 aromatic carbocycles. The number of hydrogen-bond acceptors (Lipinski definition) is 4. The maximum atomic E-state index is 12.2. The molecular weight excluding hydrogens is 268 g/mol. The first kappa shape index (κ1) is 13.6. The fourth-order valence-corrected chi connectivity index (χ4v) is 2.40. The molecule has 2 heterocycles. The zero-order valence-corrected chi connectivity index (χ0v) is 11.9. The number of anilines is 1. The maximum Gasteiger partial charge on any atom is 0.256 e. The molecule has 0 radical (unpaired) electrons. The third-order valence-electron chi connectivity index (χ3n) is 3.47. The van der Waals surface area contributed by atoms with E-state index >= 15 is 0 Å². The number of hydrogen-bond donors (Lipinski definition) is 3. The van der Waals surface area contributed by atoms with E-state index in [1.807, 2.05) is 6.92 Å². The molecule has 6 nitrogen and oxygen atoms in total. The van der Waals surface area contributed by atoms with E-state index in [0.717, 1.165) is 36.5 Å². The summed E-state index contributed by atoms with van der Waals surface area (Å²) in [5.74, 6) is 1.23. The van der Waals surface area contributed by atoms with Crippen LogP contribution in [0.3, 0.4) is 0 Å². The lowest BCUT2D eigenvalue weighted by Crippen LogP contribution is -2.24. The number of H-pyrrole nitrogens is 1. The lowest BCUT2D eigenvalue weighted by Gasteiger charge is -2.13. The Morgan fingerprint density at radius 2 is 2.19 bits per heavy atom. The van der Waals surface area contributed by atoms with Crippen molar-refractivity contribution in [3.63, 3.8) is 0 Å². The van der Waals surface area contributed by atoms with Gasteiger partial charge >= 0.3 is 0 Å². The molecule has 21 heavy (non-hydrogen) atoms. The van der Waals surface area contributed by atoms with Gasteiger partial charge in [-0.1, -0.05) is 0 Å². The molecule has 0 saturated carbocycles. The molecule has 3 rings (SSSR count). The Morgan fingerprint density at radius 3 is 2.95 bits per heavy atom. The summed E-state index contributed by atoms with van der Waals surface area (Å²) in [6, 6.07) is 7.09. The fourth-order valence-electron chi connectivity index (χ4n) is 2.40. The molecule has 0 atom stereocenters. The van der Waals surface area contributed by atoms with Crippen molar-refractivity contribution in [2.45, 2.75) is 19.9 Å². The van der Waals surface area contributed by atoms with Crippen molar-refractivity contribution in [3.8, 4) is 5.75 Å². The molecule has 110 valence electrons.